The number of nitrogens with one attached hydrogen (secondary N) is 2. The van der Waals surface area contributed by atoms with Gasteiger partial charge in [-0.3, -0.25) is 0 Å². The van der Waals surface area contributed by atoms with Crippen LogP contribution in [0.2, 0.25) is 0 Å². The highest BCUT2D eigenvalue weighted by molar-refractivity contribution is 4.93. The van der Waals surface area contributed by atoms with E-state index in [1.807, 2.05) is 0 Å². The number of aliphatic hydroxyl groups is 1. The van der Waals surface area contributed by atoms with Crippen LogP contribution in [0.1, 0.15) is 19.5 Å². The average Bonchev–Trinajstić information content (AvgIpc) is 2.70. The zero-order valence-electron chi connectivity index (χ0n) is 9.94. The van der Waals surface area contributed by atoms with Gasteiger partial charge in [0.1, 0.15) is 0 Å². The number of rotatable bonds is 8. The van der Waals surface area contributed by atoms with Gasteiger partial charge in [0, 0.05) is 31.6 Å². The summed E-state index contributed by atoms with van der Waals surface area (Å²) >= 11 is 0. The number of imidazole rings is 1. The van der Waals surface area contributed by atoms with Gasteiger partial charge in [-0.05, 0) is 5.92 Å². The molecule has 1 unspecified atom stereocenters. The van der Waals surface area contributed by atoms with Gasteiger partial charge in [0.2, 0.25) is 0 Å². The third kappa shape index (κ3) is 5.85. The number of aromatic amines is 1. The van der Waals surface area contributed by atoms with E-state index in [1.165, 1.54) is 0 Å². The van der Waals surface area contributed by atoms with Crippen LogP contribution >= 0.6 is 0 Å². The third-order valence-corrected chi connectivity index (χ3v) is 2.01. The van der Waals surface area contributed by atoms with E-state index in [9.17, 15) is 5.11 Å². The Morgan fingerprint density at radius 3 is 2.94 bits per heavy atom. The zero-order chi connectivity index (χ0) is 11.8. The molecule has 1 aromatic rings. The van der Waals surface area contributed by atoms with Crippen LogP contribution in [-0.4, -0.2) is 40.9 Å². The topological polar surface area (TPSA) is 70.2 Å². The fraction of sp³-hybridized carbons (Fsp3) is 0.727. The maximum atomic E-state index is 9.58. The number of hydrogen-bond acceptors (Lipinski definition) is 4. The van der Waals surface area contributed by atoms with Crippen LogP contribution < -0.4 is 5.32 Å². The van der Waals surface area contributed by atoms with Crippen LogP contribution in [0.25, 0.3) is 0 Å². The van der Waals surface area contributed by atoms with E-state index < -0.39 is 6.10 Å². The fourth-order valence-corrected chi connectivity index (χ4v) is 1.25. The van der Waals surface area contributed by atoms with E-state index in [1.54, 1.807) is 12.5 Å². The Hall–Kier alpha value is -0.910. The summed E-state index contributed by atoms with van der Waals surface area (Å²) in [6.45, 7) is 6.45. The van der Waals surface area contributed by atoms with Gasteiger partial charge in [-0.2, -0.15) is 0 Å². The van der Waals surface area contributed by atoms with Gasteiger partial charge in [-0.25, -0.2) is 4.98 Å². The van der Waals surface area contributed by atoms with Crippen molar-refractivity contribution in [1.29, 1.82) is 0 Å². The van der Waals surface area contributed by atoms with E-state index in [2.05, 4.69) is 29.1 Å². The lowest BCUT2D eigenvalue weighted by atomic mass is 10.2. The SMILES string of the molecule is CC(C)COCC(O)CNCc1cnc[nH]1. The molecule has 1 aromatic heterocycles. The molecule has 1 heterocycles. The van der Waals surface area contributed by atoms with Crippen LogP contribution in [-0.2, 0) is 11.3 Å². The van der Waals surface area contributed by atoms with Crippen molar-refractivity contribution in [3.63, 3.8) is 0 Å². The Bertz CT molecular complexity index is 262. The lowest BCUT2D eigenvalue weighted by Gasteiger charge is -2.13. The predicted molar refractivity (Wildman–Crippen MR) is 62.0 cm³/mol. The number of aromatic nitrogens is 2. The first kappa shape index (κ1) is 13.2. The summed E-state index contributed by atoms with van der Waals surface area (Å²) in [5.74, 6) is 0.505. The first-order chi connectivity index (χ1) is 7.68. The molecule has 0 amide bonds. The van der Waals surface area contributed by atoms with Crippen LogP contribution in [0.4, 0.5) is 0 Å². The second kappa shape index (κ2) is 7.38. The standard InChI is InChI=1S/C11H21N3O2/c1-9(2)6-16-7-11(15)5-12-3-10-4-13-8-14-10/h4,8-9,11-12,15H,3,5-7H2,1-2H3,(H,13,14). The first-order valence-corrected chi connectivity index (χ1v) is 5.62. The fourth-order valence-electron chi connectivity index (χ4n) is 1.25. The van der Waals surface area contributed by atoms with Crippen molar-refractivity contribution in [2.24, 2.45) is 5.92 Å². The van der Waals surface area contributed by atoms with E-state index >= 15 is 0 Å². The minimum atomic E-state index is -0.457. The molecular formula is C11H21N3O2. The Balaban J connectivity index is 2.00. The first-order valence-electron chi connectivity index (χ1n) is 5.62. The number of ether oxygens (including phenoxy) is 1. The van der Waals surface area contributed by atoms with Crippen molar-refractivity contribution >= 4 is 0 Å². The Morgan fingerprint density at radius 1 is 1.50 bits per heavy atom. The van der Waals surface area contributed by atoms with Crippen molar-refractivity contribution in [2.75, 3.05) is 19.8 Å². The highest BCUT2D eigenvalue weighted by Gasteiger charge is 2.04. The molecule has 0 saturated heterocycles. The number of hydrogen-bond donors (Lipinski definition) is 3. The summed E-state index contributed by atoms with van der Waals surface area (Å²) in [7, 11) is 0. The Kier molecular flexibility index (Phi) is 6.07. The molecule has 0 spiro atoms. The zero-order valence-corrected chi connectivity index (χ0v) is 9.94. The monoisotopic (exact) mass is 227 g/mol. The van der Waals surface area contributed by atoms with Gasteiger partial charge in [0.15, 0.2) is 0 Å². The van der Waals surface area contributed by atoms with Crippen molar-refractivity contribution < 1.29 is 9.84 Å². The molecule has 16 heavy (non-hydrogen) atoms. The van der Waals surface area contributed by atoms with Gasteiger partial charge in [-0.1, -0.05) is 13.8 Å². The number of aliphatic hydroxyl groups excluding tert-OH is 1. The molecule has 3 N–H and O–H groups in total. The quantitative estimate of drug-likeness (QED) is 0.606. The summed E-state index contributed by atoms with van der Waals surface area (Å²) in [4.78, 5) is 6.89. The number of nitrogens with zero attached hydrogens (tertiary/aromatic N) is 1. The molecule has 0 aromatic carbocycles. The Morgan fingerprint density at radius 2 is 2.31 bits per heavy atom. The highest BCUT2D eigenvalue weighted by atomic mass is 16.5. The molecule has 0 aliphatic carbocycles. The van der Waals surface area contributed by atoms with Crippen LogP contribution in [0.5, 0.6) is 0 Å². The van der Waals surface area contributed by atoms with Crippen molar-refractivity contribution in [1.82, 2.24) is 15.3 Å². The largest absolute Gasteiger partial charge is 0.389 e. The smallest absolute Gasteiger partial charge is 0.0922 e. The molecule has 0 bridgehead atoms. The maximum Gasteiger partial charge on any atom is 0.0922 e. The van der Waals surface area contributed by atoms with Gasteiger partial charge in [0.05, 0.1) is 19.0 Å². The van der Waals surface area contributed by atoms with E-state index in [-0.39, 0.29) is 0 Å². The van der Waals surface area contributed by atoms with E-state index in [4.69, 9.17) is 4.74 Å². The second-order valence-corrected chi connectivity index (χ2v) is 4.29. The van der Waals surface area contributed by atoms with Gasteiger partial charge < -0.3 is 20.1 Å². The Labute approximate surface area is 96.2 Å². The lowest BCUT2D eigenvalue weighted by molar-refractivity contribution is 0.0260. The molecule has 92 valence electrons. The third-order valence-electron chi connectivity index (χ3n) is 2.01. The molecule has 0 saturated carbocycles. The summed E-state index contributed by atoms with van der Waals surface area (Å²) in [6.07, 6.45) is 2.94. The number of H-pyrrole nitrogens is 1. The maximum absolute atomic E-state index is 9.58. The van der Waals surface area contributed by atoms with Crippen LogP contribution in [0.15, 0.2) is 12.5 Å². The molecule has 1 rings (SSSR count). The second-order valence-electron chi connectivity index (χ2n) is 4.29. The van der Waals surface area contributed by atoms with Gasteiger partial charge >= 0.3 is 0 Å². The minimum absolute atomic E-state index is 0.383. The molecule has 0 fully saturated rings. The summed E-state index contributed by atoms with van der Waals surface area (Å²) in [5, 5.41) is 12.7. The molecule has 5 heteroatoms. The molecule has 0 aliphatic rings. The van der Waals surface area contributed by atoms with E-state index in [0.717, 1.165) is 5.69 Å². The van der Waals surface area contributed by atoms with Gasteiger partial charge in [0.25, 0.3) is 0 Å². The molecule has 0 radical (unpaired) electrons. The highest BCUT2D eigenvalue weighted by Crippen LogP contribution is 1.94. The molecule has 5 nitrogen and oxygen atoms in total. The average molecular weight is 227 g/mol. The predicted octanol–water partition coefficient (Wildman–Crippen LogP) is 0.533. The summed E-state index contributed by atoms with van der Waals surface area (Å²) in [5.41, 5.74) is 1.01. The molecular weight excluding hydrogens is 206 g/mol. The lowest BCUT2D eigenvalue weighted by Crippen LogP contribution is -2.30. The van der Waals surface area contributed by atoms with Crippen molar-refractivity contribution in [3.8, 4) is 0 Å². The van der Waals surface area contributed by atoms with E-state index in [0.29, 0.717) is 32.2 Å². The van der Waals surface area contributed by atoms with Crippen LogP contribution in [0.3, 0.4) is 0 Å². The van der Waals surface area contributed by atoms with Crippen LogP contribution in [0, 0.1) is 5.92 Å². The minimum Gasteiger partial charge on any atom is -0.389 e. The normalized spacial score (nSPS) is 13.2. The van der Waals surface area contributed by atoms with Crippen molar-refractivity contribution in [2.45, 2.75) is 26.5 Å². The summed E-state index contributed by atoms with van der Waals surface area (Å²) in [6, 6.07) is 0. The molecule has 1 atom stereocenters. The molecule has 0 aliphatic heterocycles. The van der Waals surface area contributed by atoms with Crippen molar-refractivity contribution in [3.05, 3.63) is 18.2 Å². The van der Waals surface area contributed by atoms with Gasteiger partial charge in [-0.15, -0.1) is 0 Å². The summed E-state index contributed by atoms with van der Waals surface area (Å²) < 4.78 is 5.33.